The second-order valence-electron chi connectivity index (χ2n) is 9.52. The third kappa shape index (κ3) is 4.37. The van der Waals surface area contributed by atoms with Gasteiger partial charge in [0.05, 0.1) is 18.6 Å². The SMILES string of the molecule is Cc1nc(C(=O)Nc2ccc(-c3ccc(C45CCC(CC(=O)O)(C4)OC5)cc3)cc2)c(C(F)(F)F)o1. The van der Waals surface area contributed by atoms with Crippen LogP contribution in [0.5, 0.6) is 0 Å². The molecule has 7 nitrogen and oxygen atoms in total. The fraction of sp³-hybridized carbons (Fsp3) is 0.346. The number of oxazole rings is 1. The number of aryl methyl sites for hydroxylation is 1. The maximum absolute atomic E-state index is 13.1. The molecule has 5 rings (SSSR count). The standard InChI is InChI=1S/C26H23F3N2O5/c1-15-30-21(22(36-15)26(27,28)29)23(34)31-19-8-4-17(5-9-19)16-2-6-18(7-3-16)24-10-11-25(13-24,35-14-24)12-20(32)33/h2-9H,10-14H2,1H3,(H,31,34)(H,32,33). The molecule has 1 aromatic heterocycles. The van der Waals surface area contributed by atoms with Crippen molar-refractivity contribution in [2.45, 2.75) is 49.8 Å². The van der Waals surface area contributed by atoms with E-state index in [0.29, 0.717) is 18.7 Å². The van der Waals surface area contributed by atoms with Crippen LogP contribution in [0.4, 0.5) is 18.9 Å². The monoisotopic (exact) mass is 500 g/mol. The molecule has 2 N–H and O–H groups in total. The highest BCUT2D eigenvalue weighted by Gasteiger charge is 2.57. The van der Waals surface area contributed by atoms with E-state index >= 15 is 0 Å². The number of hydrogen-bond donors (Lipinski definition) is 2. The van der Waals surface area contributed by atoms with Crippen LogP contribution in [-0.2, 0) is 21.1 Å². The Kier molecular flexibility index (Phi) is 5.66. The van der Waals surface area contributed by atoms with E-state index in [0.717, 1.165) is 29.5 Å². The molecule has 2 aliphatic rings. The Morgan fingerprint density at radius 3 is 2.25 bits per heavy atom. The first-order chi connectivity index (χ1) is 17.0. The summed E-state index contributed by atoms with van der Waals surface area (Å²) in [5, 5.41) is 11.6. The Labute approximate surface area is 204 Å². The maximum atomic E-state index is 13.1. The summed E-state index contributed by atoms with van der Waals surface area (Å²) in [6.45, 7) is 1.75. The minimum Gasteiger partial charge on any atom is -0.481 e. The number of rotatable bonds is 6. The number of carboxylic acids is 1. The second kappa shape index (κ2) is 8.48. The minimum atomic E-state index is -4.83. The number of nitrogens with zero attached hydrogens (tertiary/aromatic N) is 1. The molecule has 0 radical (unpaired) electrons. The Hall–Kier alpha value is -3.66. The molecular weight excluding hydrogens is 477 g/mol. The smallest absolute Gasteiger partial charge is 0.452 e. The first-order valence-corrected chi connectivity index (χ1v) is 11.4. The van der Waals surface area contributed by atoms with Crippen molar-refractivity contribution in [1.29, 1.82) is 0 Å². The number of carbonyl (C=O) groups excluding carboxylic acids is 1. The number of halogens is 3. The highest BCUT2D eigenvalue weighted by atomic mass is 19.4. The highest BCUT2D eigenvalue weighted by Crippen LogP contribution is 2.55. The van der Waals surface area contributed by atoms with E-state index in [9.17, 15) is 27.9 Å². The number of aliphatic carboxylic acids is 1. The molecule has 0 spiro atoms. The second-order valence-corrected chi connectivity index (χ2v) is 9.52. The van der Waals surface area contributed by atoms with Gasteiger partial charge in [-0.25, -0.2) is 4.98 Å². The summed E-state index contributed by atoms with van der Waals surface area (Å²) in [4.78, 5) is 27.2. The largest absolute Gasteiger partial charge is 0.481 e. The fourth-order valence-corrected chi connectivity index (χ4v) is 5.33. The van der Waals surface area contributed by atoms with Gasteiger partial charge in [0.2, 0.25) is 5.76 Å². The van der Waals surface area contributed by atoms with Crippen LogP contribution >= 0.6 is 0 Å². The third-order valence-corrected chi connectivity index (χ3v) is 7.03. The van der Waals surface area contributed by atoms with Crippen molar-refractivity contribution in [3.63, 3.8) is 0 Å². The number of carbonyl (C=O) groups is 2. The number of benzene rings is 2. The molecule has 2 aromatic carbocycles. The highest BCUT2D eigenvalue weighted by molar-refractivity contribution is 6.03. The van der Waals surface area contributed by atoms with Gasteiger partial charge >= 0.3 is 12.1 Å². The maximum Gasteiger partial charge on any atom is 0.452 e. The van der Waals surface area contributed by atoms with Gasteiger partial charge in [0.1, 0.15) is 0 Å². The zero-order valence-electron chi connectivity index (χ0n) is 19.3. The predicted octanol–water partition coefficient (Wildman–Crippen LogP) is 5.59. The molecule has 1 aliphatic carbocycles. The molecule has 2 bridgehead atoms. The minimum absolute atomic E-state index is 0.0174. The number of ether oxygens (including phenoxy) is 1. The lowest BCUT2D eigenvalue weighted by atomic mass is 9.79. The summed E-state index contributed by atoms with van der Waals surface area (Å²) >= 11 is 0. The van der Waals surface area contributed by atoms with Crippen LogP contribution in [0.1, 0.15) is 53.4 Å². The fourth-order valence-electron chi connectivity index (χ4n) is 5.33. The van der Waals surface area contributed by atoms with E-state index in [1.165, 1.54) is 6.92 Å². The molecular formula is C26H23F3N2O5. The van der Waals surface area contributed by atoms with Crippen LogP contribution in [0, 0.1) is 6.92 Å². The van der Waals surface area contributed by atoms with Gasteiger partial charge in [-0.3, -0.25) is 9.59 Å². The van der Waals surface area contributed by atoms with Crippen molar-refractivity contribution in [2.24, 2.45) is 0 Å². The van der Waals surface area contributed by atoms with Gasteiger partial charge in [-0.15, -0.1) is 0 Å². The van der Waals surface area contributed by atoms with E-state index in [-0.39, 0.29) is 17.7 Å². The van der Waals surface area contributed by atoms with E-state index in [2.05, 4.69) is 14.7 Å². The first kappa shape index (κ1) is 24.1. The van der Waals surface area contributed by atoms with Crippen molar-refractivity contribution in [2.75, 3.05) is 11.9 Å². The number of carboxylic acid groups (broad SMARTS) is 1. The summed E-state index contributed by atoms with van der Waals surface area (Å²) in [7, 11) is 0. The molecule has 10 heteroatoms. The van der Waals surface area contributed by atoms with E-state index in [1.807, 2.05) is 24.3 Å². The summed E-state index contributed by atoms with van der Waals surface area (Å²) < 4.78 is 49.8. The number of anilines is 1. The van der Waals surface area contributed by atoms with Crippen LogP contribution in [0.2, 0.25) is 0 Å². The van der Waals surface area contributed by atoms with Crippen LogP contribution in [0.25, 0.3) is 11.1 Å². The van der Waals surface area contributed by atoms with Crippen molar-refractivity contribution in [1.82, 2.24) is 4.98 Å². The van der Waals surface area contributed by atoms with Crippen molar-refractivity contribution < 1.29 is 37.0 Å². The van der Waals surface area contributed by atoms with E-state index in [1.54, 1.807) is 24.3 Å². The lowest BCUT2D eigenvalue weighted by Gasteiger charge is -2.28. The average Bonchev–Trinajstić information content (AvgIpc) is 3.51. The molecule has 2 fully saturated rings. The molecule has 1 saturated carbocycles. The zero-order valence-corrected chi connectivity index (χ0v) is 19.3. The number of hydrogen-bond acceptors (Lipinski definition) is 5. The number of nitrogens with one attached hydrogen (secondary N) is 1. The molecule has 188 valence electrons. The van der Waals surface area contributed by atoms with Gasteiger partial charge in [-0.05, 0) is 48.1 Å². The van der Waals surface area contributed by atoms with Crippen molar-refractivity contribution in [3.05, 3.63) is 71.4 Å². The van der Waals surface area contributed by atoms with Gasteiger partial charge in [-0.1, -0.05) is 36.4 Å². The third-order valence-electron chi connectivity index (χ3n) is 7.03. The quantitative estimate of drug-likeness (QED) is 0.458. The molecule has 36 heavy (non-hydrogen) atoms. The lowest BCUT2D eigenvalue weighted by Crippen LogP contribution is -2.30. The topological polar surface area (TPSA) is 102 Å². The van der Waals surface area contributed by atoms with E-state index in [4.69, 9.17) is 4.74 Å². The van der Waals surface area contributed by atoms with Gasteiger partial charge in [0.15, 0.2) is 11.6 Å². The summed E-state index contributed by atoms with van der Waals surface area (Å²) in [6, 6.07) is 14.7. The Balaban J connectivity index is 1.28. The van der Waals surface area contributed by atoms with Crippen LogP contribution in [-0.4, -0.2) is 34.2 Å². The number of fused-ring (bicyclic) bond motifs is 2. The lowest BCUT2D eigenvalue weighted by molar-refractivity contribution is -0.153. The van der Waals surface area contributed by atoms with Gasteiger partial charge < -0.3 is 19.6 Å². The Bertz CT molecular complexity index is 1300. The van der Waals surface area contributed by atoms with Gasteiger partial charge in [-0.2, -0.15) is 13.2 Å². The average molecular weight is 500 g/mol. The first-order valence-electron chi connectivity index (χ1n) is 11.4. The summed E-state index contributed by atoms with van der Waals surface area (Å²) in [5.74, 6) is -3.53. The molecule has 2 heterocycles. The summed E-state index contributed by atoms with van der Waals surface area (Å²) in [5.41, 5.74) is 1.66. The molecule has 1 amide bonds. The molecule has 3 aromatic rings. The molecule has 2 unspecified atom stereocenters. The number of aromatic nitrogens is 1. The number of amides is 1. The molecule has 1 saturated heterocycles. The van der Waals surface area contributed by atoms with Crippen LogP contribution in [0.15, 0.2) is 52.9 Å². The molecule has 1 aliphatic heterocycles. The predicted molar refractivity (Wildman–Crippen MR) is 123 cm³/mol. The van der Waals surface area contributed by atoms with Crippen LogP contribution < -0.4 is 5.32 Å². The van der Waals surface area contributed by atoms with Crippen molar-refractivity contribution >= 4 is 17.6 Å². The van der Waals surface area contributed by atoms with E-state index < -0.39 is 35.1 Å². The van der Waals surface area contributed by atoms with Gasteiger partial charge in [0, 0.05) is 18.0 Å². The zero-order chi connectivity index (χ0) is 25.7. The number of alkyl halides is 3. The summed E-state index contributed by atoms with van der Waals surface area (Å²) in [6.07, 6.45) is -2.50. The van der Waals surface area contributed by atoms with Gasteiger partial charge in [0.25, 0.3) is 5.91 Å². The van der Waals surface area contributed by atoms with Crippen LogP contribution in [0.3, 0.4) is 0 Å². The Morgan fingerprint density at radius 1 is 1.06 bits per heavy atom. The Morgan fingerprint density at radius 2 is 1.69 bits per heavy atom. The van der Waals surface area contributed by atoms with Crippen molar-refractivity contribution in [3.8, 4) is 11.1 Å². The normalized spacial score (nSPS) is 23.1. The molecule has 2 atom stereocenters.